The van der Waals surface area contributed by atoms with Gasteiger partial charge in [-0.05, 0) is 12.1 Å². The number of methoxy groups -OCH3 is 2. The fraction of sp³-hybridized carbons (Fsp3) is 0.400. The van der Waals surface area contributed by atoms with Gasteiger partial charge in [-0.25, -0.2) is 0 Å². The molecule has 0 radical (unpaired) electrons. The number of hydrogen-bond donors (Lipinski definition) is 3. The Bertz CT molecular complexity index is 334. The highest BCUT2D eigenvalue weighted by molar-refractivity contribution is 5.85. The van der Waals surface area contributed by atoms with Gasteiger partial charge in [0.2, 0.25) is 0 Å². The van der Waals surface area contributed by atoms with Gasteiger partial charge >= 0.3 is 0 Å². The van der Waals surface area contributed by atoms with Crippen LogP contribution in [-0.2, 0) is 0 Å². The summed E-state index contributed by atoms with van der Waals surface area (Å²) < 4.78 is 10.2. The summed E-state index contributed by atoms with van der Waals surface area (Å²) in [6, 6.07) is 3.54. The van der Waals surface area contributed by atoms with Gasteiger partial charge in [0.25, 0.3) is 0 Å². The molecule has 0 fully saturated rings. The number of halogens is 1. The molecule has 1 rings (SSSR count). The fourth-order valence-corrected chi connectivity index (χ4v) is 1.31. The number of nitrogens with one attached hydrogen (secondary N) is 1. The SMILES string of the molecule is COc1ccc(NCCO)c(OC)c1N.Cl. The van der Waals surface area contributed by atoms with E-state index in [4.69, 9.17) is 20.3 Å². The van der Waals surface area contributed by atoms with E-state index in [0.29, 0.717) is 23.7 Å². The van der Waals surface area contributed by atoms with Crippen LogP contribution in [0.25, 0.3) is 0 Å². The zero-order valence-corrected chi connectivity index (χ0v) is 10.1. The van der Waals surface area contributed by atoms with Gasteiger partial charge < -0.3 is 25.6 Å². The monoisotopic (exact) mass is 248 g/mol. The molecular weight excluding hydrogens is 232 g/mol. The summed E-state index contributed by atoms with van der Waals surface area (Å²) in [5.74, 6) is 1.10. The van der Waals surface area contributed by atoms with Crippen LogP contribution in [0.1, 0.15) is 0 Å². The average Bonchev–Trinajstić information content (AvgIpc) is 2.26. The zero-order valence-electron chi connectivity index (χ0n) is 9.32. The predicted octanol–water partition coefficient (Wildman–Crippen LogP) is 1.11. The van der Waals surface area contributed by atoms with Crippen molar-refractivity contribution >= 4 is 23.8 Å². The number of aliphatic hydroxyl groups excluding tert-OH is 1. The number of nitrogen functional groups attached to an aromatic ring is 1. The Kier molecular flexibility index (Phi) is 6.44. The third-order valence-corrected chi connectivity index (χ3v) is 2.01. The Labute approximate surface area is 101 Å². The van der Waals surface area contributed by atoms with Gasteiger partial charge in [0, 0.05) is 6.54 Å². The number of anilines is 2. The molecule has 4 N–H and O–H groups in total. The van der Waals surface area contributed by atoms with E-state index in [1.807, 2.05) is 0 Å². The highest BCUT2D eigenvalue weighted by atomic mass is 35.5. The summed E-state index contributed by atoms with van der Waals surface area (Å²) in [4.78, 5) is 0. The first kappa shape index (κ1) is 14.7. The Balaban J connectivity index is 0.00000225. The van der Waals surface area contributed by atoms with Crippen molar-refractivity contribution < 1.29 is 14.6 Å². The minimum absolute atomic E-state index is 0. The molecular formula is C10H17ClN2O3. The van der Waals surface area contributed by atoms with E-state index in [-0.39, 0.29) is 19.0 Å². The van der Waals surface area contributed by atoms with E-state index in [0.717, 1.165) is 5.69 Å². The third kappa shape index (κ3) is 3.08. The zero-order chi connectivity index (χ0) is 11.3. The molecule has 0 spiro atoms. The Morgan fingerprint density at radius 3 is 2.50 bits per heavy atom. The molecule has 0 aliphatic rings. The lowest BCUT2D eigenvalue weighted by Gasteiger charge is -2.14. The molecule has 0 aromatic heterocycles. The second-order valence-electron chi connectivity index (χ2n) is 2.91. The fourth-order valence-electron chi connectivity index (χ4n) is 1.31. The molecule has 16 heavy (non-hydrogen) atoms. The molecule has 0 aliphatic carbocycles. The molecule has 0 bridgehead atoms. The second kappa shape index (κ2) is 7.03. The molecule has 0 amide bonds. The van der Waals surface area contributed by atoms with Gasteiger partial charge in [0.15, 0.2) is 5.75 Å². The van der Waals surface area contributed by atoms with Crippen molar-refractivity contribution in [2.45, 2.75) is 0 Å². The van der Waals surface area contributed by atoms with Crippen molar-refractivity contribution in [3.05, 3.63) is 12.1 Å². The number of ether oxygens (including phenoxy) is 2. The molecule has 6 heteroatoms. The normalized spacial score (nSPS) is 9.19. The van der Waals surface area contributed by atoms with Crippen molar-refractivity contribution in [1.29, 1.82) is 0 Å². The van der Waals surface area contributed by atoms with Crippen molar-refractivity contribution in [1.82, 2.24) is 0 Å². The van der Waals surface area contributed by atoms with Gasteiger partial charge in [0.05, 0.1) is 26.5 Å². The summed E-state index contributed by atoms with van der Waals surface area (Å²) in [5.41, 5.74) is 7.01. The Morgan fingerprint density at radius 2 is 2.00 bits per heavy atom. The first-order valence-electron chi connectivity index (χ1n) is 4.59. The van der Waals surface area contributed by atoms with Crippen LogP contribution in [0.15, 0.2) is 12.1 Å². The third-order valence-electron chi connectivity index (χ3n) is 2.01. The minimum atomic E-state index is 0. The molecule has 0 saturated carbocycles. The molecule has 0 saturated heterocycles. The molecule has 0 atom stereocenters. The summed E-state index contributed by atoms with van der Waals surface area (Å²) in [6.45, 7) is 0.497. The van der Waals surface area contributed by atoms with Crippen molar-refractivity contribution in [3.8, 4) is 11.5 Å². The van der Waals surface area contributed by atoms with E-state index < -0.39 is 0 Å². The first-order valence-corrected chi connectivity index (χ1v) is 4.59. The highest BCUT2D eigenvalue weighted by Gasteiger charge is 2.11. The van der Waals surface area contributed by atoms with Gasteiger partial charge in [-0.3, -0.25) is 0 Å². The number of rotatable bonds is 5. The smallest absolute Gasteiger partial charge is 0.168 e. The lowest BCUT2D eigenvalue weighted by atomic mass is 10.2. The number of nitrogens with two attached hydrogens (primary N) is 1. The van der Waals surface area contributed by atoms with Crippen molar-refractivity contribution in [2.75, 3.05) is 38.4 Å². The topological polar surface area (TPSA) is 76.7 Å². The molecule has 0 heterocycles. The number of aliphatic hydroxyl groups is 1. The van der Waals surface area contributed by atoms with Crippen LogP contribution in [0.5, 0.6) is 11.5 Å². The van der Waals surface area contributed by atoms with Gasteiger partial charge in [-0.15, -0.1) is 12.4 Å². The minimum Gasteiger partial charge on any atom is -0.494 e. The molecule has 5 nitrogen and oxygen atoms in total. The van der Waals surface area contributed by atoms with E-state index >= 15 is 0 Å². The quantitative estimate of drug-likeness (QED) is 0.681. The van der Waals surface area contributed by atoms with E-state index in [2.05, 4.69) is 5.32 Å². The number of hydrogen-bond acceptors (Lipinski definition) is 5. The Hall–Kier alpha value is -1.33. The van der Waals surface area contributed by atoms with E-state index in [9.17, 15) is 0 Å². The van der Waals surface area contributed by atoms with Crippen LogP contribution in [0.3, 0.4) is 0 Å². The lowest BCUT2D eigenvalue weighted by molar-refractivity contribution is 0.311. The molecule has 0 unspecified atom stereocenters. The summed E-state index contributed by atoms with van der Waals surface area (Å²) in [7, 11) is 3.08. The van der Waals surface area contributed by atoms with Gasteiger partial charge in [0.1, 0.15) is 11.4 Å². The van der Waals surface area contributed by atoms with Crippen LogP contribution in [-0.4, -0.2) is 32.5 Å². The molecule has 92 valence electrons. The summed E-state index contributed by atoms with van der Waals surface area (Å²) in [6.07, 6.45) is 0. The number of benzene rings is 1. The van der Waals surface area contributed by atoms with Crippen molar-refractivity contribution in [3.63, 3.8) is 0 Å². The first-order chi connectivity index (χ1) is 7.24. The second-order valence-corrected chi connectivity index (χ2v) is 2.91. The highest BCUT2D eigenvalue weighted by Crippen LogP contribution is 2.37. The maximum Gasteiger partial charge on any atom is 0.168 e. The van der Waals surface area contributed by atoms with Gasteiger partial charge in [-0.2, -0.15) is 0 Å². The molecule has 0 aliphatic heterocycles. The summed E-state index contributed by atoms with van der Waals surface area (Å²) >= 11 is 0. The van der Waals surface area contributed by atoms with E-state index in [1.165, 1.54) is 7.11 Å². The van der Waals surface area contributed by atoms with Crippen LogP contribution >= 0.6 is 12.4 Å². The van der Waals surface area contributed by atoms with Crippen molar-refractivity contribution in [2.24, 2.45) is 0 Å². The maximum absolute atomic E-state index is 8.70. The average molecular weight is 249 g/mol. The van der Waals surface area contributed by atoms with Crippen LogP contribution < -0.4 is 20.5 Å². The lowest BCUT2D eigenvalue weighted by Crippen LogP contribution is -2.08. The summed E-state index contributed by atoms with van der Waals surface area (Å²) in [5, 5.41) is 11.7. The largest absolute Gasteiger partial charge is 0.494 e. The van der Waals surface area contributed by atoms with E-state index in [1.54, 1.807) is 19.2 Å². The standard InChI is InChI=1S/C10H16N2O3.ClH/c1-14-8-4-3-7(12-5-6-13)10(15-2)9(8)11;/h3-4,12-13H,5-6,11H2,1-2H3;1H. The maximum atomic E-state index is 8.70. The van der Waals surface area contributed by atoms with Crippen LogP contribution in [0.4, 0.5) is 11.4 Å². The predicted molar refractivity (Wildman–Crippen MR) is 66.8 cm³/mol. The molecule has 1 aromatic carbocycles. The van der Waals surface area contributed by atoms with Crippen LogP contribution in [0.2, 0.25) is 0 Å². The van der Waals surface area contributed by atoms with Crippen LogP contribution in [0, 0.1) is 0 Å². The molecule has 1 aromatic rings. The Morgan fingerprint density at radius 1 is 1.31 bits per heavy atom. The van der Waals surface area contributed by atoms with Gasteiger partial charge in [-0.1, -0.05) is 0 Å².